The van der Waals surface area contributed by atoms with Gasteiger partial charge in [-0.1, -0.05) is 36.7 Å². The highest BCUT2D eigenvalue weighted by Gasteiger charge is 2.11. The van der Waals surface area contributed by atoms with Crippen LogP contribution < -0.4 is 10.6 Å². The lowest BCUT2D eigenvalue weighted by atomic mass is 10.1. The molecule has 0 bridgehead atoms. The Morgan fingerprint density at radius 1 is 1.41 bits per heavy atom. The molecule has 0 spiro atoms. The van der Waals surface area contributed by atoms with Gasteiger partial charge in [0.25, 0.3) is 0 Å². The van der Waals surface area contributed by atoms with Crippen LogP contribution in [0.1, 0.15) is 31.9 Å². The summed E-state index contributed by atoms with van der Waals surface area (Å²) < 4.78 is 0. The van der Waals surface area contributed by atoms with Crippen molar-refractivity contribution in [3.8, 4) is 0 Å². The van der Waals surface area contributed by atoms with Crippen molar-refractivity contribution in [1.82, 2.24) is 10.6 Å². The standard InChI is InChI=1S/C13H19ClN2O/c1-3-8-15-9-13(17)16-10(2)11-6-4-5-7-12(11)14/h4-7,10,15H,3,8-9H2,1-2H3,(H,16,17)/t10-/m0/s1. The molecule has 4 heteroatoms. The molecule has 2 N–H and O–H groups in total. The van der Waals surface area contributed by atoms with E-state index in [1.807, 2.05) is 31.2 Å². The van der Waals surface area contributed by atoms with E-state index in [-0.39, 0.29) is 11.9 Å². The minimum Gasteiger partial charge on any atom is -0.348 e. The van der Waals surface area contributed by atoms with Gasteiger partial charge in [-0.05, 0) is 31.5 Å². The molecular formula is C13H19ClN2O. The van der Waals surface area contributed by atoms with Gasteiger partial charge in [-0.3, -0.25) is 4.79 Å². The molecule has 17 heavy (non-hydrogen) atoms. The van der Waals surface area contributed by atoms with E-state index in [0.717, 1.165) is 18.5 Å². The van der Waals surface area contributed by atoms with Crippen molar-refractivity contribution in [3.05, 3.63) is 34.9 Å². The topological polar surface area (TPSA) is 41.1 Å². The Labute approximate surface area is 108 Å². The Morgan fingerprint density at radius 3 is 2.76 bits per heavy atom. The third-order valence-electron chi connectivity index (χ3n) is 2.46. The maximum Gasteiger partial charge on any atom is 0.234 e. The SMILES string of the molecule is CCCNCC(=O)N[C@@H](C)c1ccccc1Cl. The van der Waals surface area contributed by atoms with Crippen LogP contribution in [0.15, 0.2) is 24.3 Å². The Hall–Kier alpha value is -1.06. The number of benzene rings is 1. The van der Waals surface area contributed by atoms with Gasteiger partial charge in [-0.15, -0.1) is 0 Å². The number of hydrogen-bond donors (Lipinski definition) is 2. The van der Waals surface area contributed by atoms with Crippen molar-refractivity contribution in [1.29, 1.82) is 0 Å². The fraction of sp³-hybridized carbons (Fsp3) is 0.462. The number of nitrogens with one attached hydrogen (secondary N) is 2. The van der Waals surface area contributed by atoms with Gasteiger partial charge in [0.1, 0.15) is 0 Å². The highest BCUT2D eigenvalue weighted by molar-refractivity contribution is 6.31. The van der Waals surface area contributed by atoms with Gasteiger partial charge in [-0.2, -0.15) is 0 Å². The molecule has 1 rings (SSSR count). The smallest absolute Gasteiger partial charge is 0.234 e. The molecule has 3 nitrogen and oxygen atoms in total. The van der Waals surface area contributed by atoms with Crippen molar-refractivity contribution >= 4 is 17.5 Å². The first-order chi connectivity index (χ1) is 8.15. The molecule has 0 saturated carbocycles. The van der Waals surface area contributed by atoms with Gasteiger partial charge in [-0.25, -0.2) is 0 Å². The van der Waals surface area contributed by atoms with E-state index >= 15 is 0 Å². The second-order valence-electron chi connectivity index (χ2n) is 3.99. The van der Waals surface area contributed by atoms with Crippen LogP contribution >= 0.6 is 11.6 Å². The Bertz CT molecular complexity index is 368. The van der Waals surface area contributed by atoms with E-state index in [2.05, 4.69) is 17.6 Å². The van der Waals surface area contributed by atoms with E-state index in [4.69, 9.17) is 11.6 Å². The second kappa shape index (κ2) is 7.30. The summed E-state index contributed by atoms with van der Waals surface area (Å²) in [6.07, 6.45) is 1.02. The van der Waals surface area contributed by atoms with Crippen LogP contribution in [0.2, 0.25) is 5.02 Å². The summed E-state index contributed by atoms with van der Waals surface area (Å²) in [5.74, 6) is -0.00845. The summed E-state index contributed by atoms with van der Waals surface area (Å²) >= 11 is 6.06. The lowest BCUT2D eigenvalue weighted by molar-refractivity contribution is -0.120. The average molecular weight is 255 g/mol. The second-order valence-corrected chi connectivity index (χ2v) is 4.39. The first kappa shape index (κ1) is 14.0. The number of carbonyl (C=O) groups excluding carboxylic acids is 1. The van der Waals surface area contributed by atoms with E-state index in [1.54, 1.807) is 0 Å². The van der Waals surface area contributed by atoms with Gasteiger partial charge >= 0.3 is 0 Å². The maximum atomic E-state index is 11.6. The predicted octanol–water partition coefficient (Wildman–Crippen LogP) is 2.52. The highest BCUT2D eigenvalue weighted by Crippen LogP contribution is 2.21. The molecule has 0 aromatic heterocycles. The van der Waals surface area contributed by atoms with E-state index in [1.165, 1.54) is 0 Å². The molecule has 0 aliphatic rings. The normalized spacial score (nSPS) is 12.2. The summed E-state index contributed by atoms with van der Waals surface area (Å²) in [6, 6.07) is 7.48. The van der Waals surface area contributed by atoms with Crippen molar-refractivity contribution in [2.75, 3.05) is 13.1 Å². The molecule has 0 radical (unpaired) electrons. The summed E-state index contributed by atoms with van der Waals surface area (Å²) in [5.41, 5.74) is 0.943. The van der Waals surface area contributed by atoms with Gasteiger partial charge < -0.3 is 10.6 Å². The molecule has 94 valence electrons. The Morgan fingerprint density at radius 2 is 2.12 bits per heavy atom. The van der Waals surface area contributed by atoms with Crippen LogP contribution in [0, 0.1) is 0 Å². The number of rotatable bonds is 6. The molecule has 0 heterocycles. The van der Waals surface area contributed by atoms with Crippen molar-refractivity contribution < 1.29 is 4.79 Å². The van der Waals surface area contributed by atoms with Crippen LogP contribution in [0.4, 0.5) is 0 Å². The fourth-order valence-corrected chi connectivity index (χ4v) is 1.87. The lowest BCUT2D eigenvalue weighted by Gasteiger charge is -2.15. The van der Waals surface area contributed by atoms with Crippen molar-refractivity contribution in [2.24, 2.45) is 0 Å². The van der Waals surface area contributed by atoms with Crippen molar-refractivity contribution in [3.63, 3.8) is 0 Å². The van der Waals surface area contributed by atoms with Gasteiger partial charge in [0.05, 0.1) is 12.6 Å². The predicted molar refractivity (Wildman–Crippen MR) is 71.2 cm³/mol. The van der Waals surface area contributed by atoms with Crippen LogP contribution in [0.3, 0.4) is 0 Å². The summed E-state index contributed by atoms with van der Waals surface area (Å²) in [6.45, 7) is 5.20. The molecule has 0 aliphatic heterocycles. The number of amides is 1. The largest absolute Gasteiger partial charge is 0.348 e. The van der Waals surface area contributed by atoms with Crippen LogP contribution in [-0.4, -0.2) is 19.0 Å². The monoisotopic (exact) mass is 254 g/mol. The molecule has 0 saturated heterocycles. The van der Waals surface area contributed by atoms with Gasteiger partial charge in [0, 0.05) is 5.02 Å². The maximum absolute atomic E-state index is 11.6. The van der Waals surface area contributed by atoms with Crippen LogP contribution in [-0.2, 0) is 4.79 Å². The molecule has 1 amide bonds. The Balaban J connectivity index is 2.46. The molecule has 0 unspecified atom stereocenters. The minimum atomic E-state index is -0.0698. The fourth-order valence-electron chi connectivity index (χ4n) is 1.58. The molecule has 1 aromatic rings. The van der Waals surface area contributed by atoms with Crippen LogP contribution in [0.5, 0.6) is 0 Å². The first-order valence-corrected chi connectivity index (χ1v) is 6.27. The minimum absolute atomic E-state index is 0.00845. The highest BCUT2D eigenvalue weighted by atomic mass is 35.5. The van der Waals surface area contributed by atoms with Gasteiger partial charge in [0.15, 0.2) is 0 Å². The molecule has 0 aliphatic carbocycles. The van der Waals surface area contributed by atoms with E-state index in [9.17, 15) is 4.79 Å². The third-order valence-corrected chi connectivity index (χ3v) is 2.81. The zero-order valence-electron chi connectivity index (χ0n) is 10.3. The third kappa shape index (κ3) is 4.75. The van der Waals surface area contributed by atoms with Gasteiger partial charge in [0.2, 0.25) is 5.91 Å². The summed E-state index contributed by atoms with van der Waals surface area (Å²) in [4.78, 5) is 11.6. The molecular weight excluding hydrogens is 236 g/mol. The Kier molecular flexibility index (Phi) is 6.01. The van der Waals surface area contributed by atoms with E-state index in [0.29, 0.717) is 11.6 Å². The van der Waals surface area contributed by atoms with Crippen molar-refractivity contribution in [2.45, 2.75) is 26.3 Å². The number of halogens is 1. The molecule has 1 atom stereocenters. The summed E-state index contributed by atoms with van der Waals surface area (Å²) in [7, 11) is 0. The molecule has 1 aromatic carbocycles. The lowest BCUT2D eigenvalue weighted by Crippen LogP contribution is -2.35. The zero-order chi connectivity index (χ0) is 12.7. The zero-order valence-corrected chi connectivity index (χ0v) is 11.1. The number of hydrogen-bond acceptors (Lipinski definition) is 2. The van der Waals surface area contributed by atoms with E-state index < -0.39 is 0 Å². The number of carbonyl (C=O) groups is 1. The quantitative estimate of drug-likeness (QED) is 0.766. The van der Waals surface area contributed by atoms with Crippen LogP contribution in [0.25, 0.3) is 0 Å². The first-order valence-electron chi connectivity index (χ1n) is 5.89. The molecule has 0 fully saturated rings. The summed E-state index contributed by atoms with van der Waals surface area (Å²) in [5, 5.41) is 6.65. The average Bonchev–Trinajstić information content (AvgIpc) is 2.29.